The van der Waals surface area contributed by atoms with E-state index >= 15 is 0 Å². The highest BCUT2D eigenvalue weighted by molar-refractivity contribution is 5.79. The molecule has 0 fully saturated rings. The second kappa shape index (κ2) is 6.36. The Morgan fingerprint density at radius 1 is 1.37 bits per heavy atom. The van der Waals surface area contributed by atoms with E-state index in [1.54, 1.807) is 6.92 Å². The Bertz CT molecular complexity index is 460. The third-order valence-electron chi connectivity index (χ3n) is 2.80. The van der Waals surface area contributed by atoms with Crippen LogP contribution in [0.2, 0.25) is 0 Å². The number of anilines is 2. The van der Waals surface area contributed by atoms with Crippen LogP contribution in [0.1, 0.15) is 31.7 Å². The maximum Gasteiger partial charge on any atom is 0.328 e. The molecule has 0 bridgehead atoms. The summed E-state index contributed by atoms with van der Waals surface area (Å²) in [5, 5.41) is 3.11. The van der Waals surface area contributed by atoms with Crippen LogP contribution in [-0.2, 0) is 9.53 Å². The third-order valence-corrected chi connectivity index (χ3v) is 2.80. The molecule has 1 rings (SSSR count). The summed E-state index contributed by atoms with van der Waals surface area (Å²) in [5.74, 6) is 1.63. The first-order valence-electron chi connectivity index (χ1n) is 6.30. The summed E-state index contributed by atoms with van der Waals surface area (Å²) in [7, 11) is 1.38. The molecule has 0 aliphatic carbocycles. The standard InChI is InChI=1S/C13H22N4O2/c1-7(2)6-10(13(18)19-5)17-12-8(3)11(14)15-9(4)16-12/h7,10H,6H2,1-5H3,(H3,14,15,16,17). The SMILES string of the molecule is COC(=O)C(CC(C)C)Nc1nc(C)nc(N)c1C. The van der Waals surface area contributed by atoms with Crippen LogP contribution in [0.4, 0.5) is 11.6 Å². The third kappa shape index (κ3) is 4.08. The van der Waals surface area contributed by atoms with Crippen LogP contribution in [-0.4, -0.2) is 29.1 Å². The smallest absolute Gasteiger partial charge is 0.328 e. The molecule has 0 saturated heterocycles. The highest BCUT2D eigenvalue weighted by Crippen LogP contribution is 2.20. The summed E-state index contributed by atoms with van der Waals surface area (Å²) in [6, 6.07) is -0.433. The van der Waals surface area contributed by atoms with Crippen molar-refractivity contribution in [3.63, 3.8) is 0 Å². The highest BCUT2D eigenvalue weighted by atomic mass is 16.5. The van der Waals surface area contributed by atoms with E-state index in [0.717, 1.165) is 5.56 Å². The molecular formula is C13H22N4O2. The Balaban J connectivity index is 2.99. The molecule has 1 atom stereocenters. The lowest BCUT2D eigenvalue weighted by molar-refractivity contribution is -0.141. The molecule has 0 aliphatic heterocycles. The first kappa shape index (κ1) is 15.2. The van der Waals surface area contributed by atoms with E-state index in [1.165, 1.54) is 7.11 Å². The van der Waals surface area contributed by atoms with Gasteiger partial charge in [0.15, 0.2) is 0 Å². The van der Waals surface area contributed by atoms with Crippen LogP contribution in [0.15, 0.2) is 0 Å². The zero-order valence-electron chi connectivity index (χ0n) is 12.2. The summed E-state index contributed by atoms with van der Waals surface area (Å²) in [6.07, 6.45) is 0.662. The molecular weight excluding hydrogens is 244 g/mol. The van der Waals surface area contributed by atoms with E-state index in [1.807, 2.05) is 20.8 Å². The fraction of sp³-hybridized carbons (Fsp3) is 0.615. The van der Waals surface area contributed by atoms with E-state index < -0.39 is 6.04 Å². The van der Waals surface area contributed by atoms with Crippen LogP contribution < -0.4 is 11.1 Å². The van der Waals surface area contributed by atoms with E-state index in [0.29, 0.717) is 29.8 Å². The van der Waals surface area contributed by atoms with Gasteiger partial charge in [-0.3, -0.25) is 0 Å². The lowest BCUT2D eigenvalue weighted by Gasteiger charge is -2.20. The van der Waals surface area contributed by atoms with Crippen molar-refractivity contribution in [1.82, 2.24) is 9.97 Å². The van der Waals surface area contributed by atoms with Gasteiger partial charge in [-0.25, -0.2) is 14.8 Å². The normalized spacial score (nSPS) is 12.3. The number of carbonyl (C=O) groups excluding carboxylic acids is 1. The monoisotopic (exact) mass is 266 g/mol. The summed E-state index contributed by atoms with van der Waals surface area (Å²) in [5.41, 5.74) is 6.54. The average Bonchev–Trinajstić information content (AvgIpc) is 2.32. The number of esters is 1. The van der Waals surface area contributed by atoms with E-state index in [4.69, 9.17) is 10.5 Å². The number of nitrogen functional groups attached to an aromatic ring is 1. The van der Waals surface area contributed by atoms with E-state index in [9.17, 15) is 4.79 Å². The number of hydrogen-bond acceptors (Lipinski definition) is 6. The Labute approximate surface area is 113 Å². The number of aromatic nitrogens is 2. The van der Waals surface area contributed by atoms with Crippen LogP contribution >= 0.6 is 0 Å². The van der Waals surface area contributed by atoms with Crippen molar-refractivity contribution in [3.05, 3.63) is 11.4 Å². The van der Waals surface area contributed by atoms with Gasteiger partial charge in [0.2, 0.25) is 0 Å². The predicted molar refractivity (Wildman–Crippen MR) is 74.8 cm³/mol. The Kier molecular flexibility index (Phi) is 5.09. The highest BCUT2D eigenvalue weighted by Gasteiger charge is 2.22. The number of nitrogens with one attached hydrogen (secondary N) is 1. The van der Waals surface area contributed by atoms with Gasteiger partial charge in [0.1, 0.15) is 23.5 Å². The fourth-order valence-corrected chi connectivity index (χ4v) is 1.78. The largest absolute Gasteiger partial charge is 0.467 e. The van der Waals surface area contributed by atoms with Crippen molar-refractivity contribution in [2.45, 2.75) is 40.2 Å². The van der Waals surface area contributed by atoms with Crippen LogP contribution in [0.3, 0.4) is 0 Å². The Morgan fingerprint density at radius 3 is 2.53 bits per heavy atom. The van der Waals surface area contributed by atoms with E-state index in [-0.39, 0.29) is 5.97 Å². The fourth-order valence-electron chi connectivity index (χ4n) is 1.78. The number of ether oxygens (including phenoxy) is 1. The summed E-state index contributed by atoms with van der Waals surface area (Å²) in [6.45, 7) is 7.67. The molecule has 1 unspecified atom stereocenters. The van der Waals surface area contributed by atoms with Crippen molar-refractivity contribution in [3.8, 4) is 0 Å². The molecule has 0 spiro atoms. The molecule has 0 amide bonds. The zero-order chi connectivity index (χ0) is 14.6. The van der Waals surface area contributed by atoms with Gasteiger partial charge in [-0.05, 0) is 26.2 Å². The number of nitrogens with two attached hydrogens (primary N) is 1. The van der Waals surface area contributed by atoms with Gasteiger partial charge < -0.3 is 15.8 Å². The first-order chi connectivity index (χ1) is 8.85. The van der Waals surface area contributed by atoms with Crippen molar-refractivity contribution in [2.75, 3.05) is 18.2 Å². The molecule has 106 valence electrons. The van der Waals surface area contributed by atoms with Crippen molar-refractivity contribution >= 4 is 17.6 Å². The number of carbonyl (C=O) groups is 1. The number of nitrogens with zero attached hydrogens (tertiary/aromatic N) is 2. The number of aryl methyl sites for hydroxylation is 1. The lowest BCUT2D eigenvalue weighted by Crippen LogP contribution is -2.33. The number of methoxy groups -OCH3 is 1. The minimum absolute atomic E-state index is 0.303. The van der Waals surface area contributed by atoms with Crippen LogP contribution in [0.5, 0.6) is 0 Å². The number of hydrogen-bond donors (Lipinski definition) is 2. The summed E-state index contributed by atoms with van der Waals surface area (Å²) < 4.78 is 4.81. The first-order valence-corrected chi connectivity index (χ1v) is 6.30. The topological polar surface area (TPSA) is 90.1 Å². The van der Waals surface area contributed by atoms with Gasteiger partial charge in [0.05, 0.1) is 7.11 Å². The minimum atomic E-state index is -0.433. The minimum Gasteiger partial charge on any atom is -0.467 e. The molecule has 3 N–H and O–H groups in total. The van der Waals surface area contributed by atoms with Gasteiger partial charge >= 0.3 is 5.97 Å². The maximum atomic E-state index is 11.8. The second-order valence-electron chi connectivity index (χ2n) is 4.98. The molecule has 0 saturated carbocycles. The molecule has 0 aromatic carbocycles. The van der Waals surface area contributed by atoms with Gasteiger partial charge in [-0.2, -0.15) is 0 Å². The quantitative estimate of drug-likeness (QED) is 0.788. The molecule has 6 heteroatoms. The maximum absolute atomic E-state index is 11.8. The molecule has 0 radical (unpaired) electrons. The average molecular weight is 266 g/mol. The summed E-state index contributed by atoms with van der Waals surface area (Å²) >= 11 is 0. The molecule has 1 aromatic rings. The second-order valence-corrected chi connectivity index (χ2v) is 4.98. The van der Waals surface area contributed by atoms with Gasteiger partial charge in [-0.1, -0.05) is 13.8 Å². The van der Waals surface area contributed by atoms with Crippen molar-refractivity contribution < 1.29 is 9.53 Å². The van der Waals surface area contributed by atoms with Gasteiger partial charge in [0, 0.05) is 5.56 Å². The van der Waals surface area contributed by atoms with Crippen molar-refractivity contribution in [1.29, 1.82) is 0 Å². The zero-order valence-corrected chi connectivity index (χ0v) is 12.2. The lowest BCUT2D eigenvalue weighted by atomic mass is 10.0. The Hall–Kier alpha value is -1.85. The molecule has 1 aromatic heterocycles. The molecule has 6 nitrogen and oxygen atoms in total. The van der Waals surface area contributed by atoms with Crippen molar-refractivity contribution in [2.24, 2.45) is 5.92 Å². The van der Waals surface area contributed by atoms with E-state index in [2.05, 4.69) is 15.3 Å². The van der Waals surface area contributed by atoms with Crippen LogP contribution in [0, 0.1) is 19.8 Å². The van der Waals surface area contributed by atoms with Crippen LogP contribution in [0.25, 0.3) is 0 Å². The number of rotatable bonds is 5. The van der Waals surface area contributed by atoms with Gasteiger partial charge in [0.25, 0.3) is 0 Å². The Morgan fingerprint density at radius 2 is 2.00 bits per heavy atom. The molecule has 1 heterocycles. The predicted octanol–water partition coefficient (Wildman–Crippen LogP) is 1.68. The van der Waals surface area contributed by atoms with Gasteiger partial charge in [-0.15, -0.1) is 0 Å². The summed E-state index contributed by atoms with van der Waals surface area (Å²) in [4.78, 5) is 20.1. The molecule has 19 heavy (non-hydrogen) atoms. The molecule has 0 aliphatic rings.